The number of nitrogens with one attached hydrogen (secondary N) is 1. The van der Waals surface area contributed by atoms with Crippen LogP contribution in [0.1, 0.15) is 27.7 Å². The van der Waals surface area contributed by atoms with E-state index in [0.29, 0.717) is 0 Å². The molecule has 22 heavy (non-hydrogen) atoms. The molecule has 116 valence electrons. The summed E-state index contributed by atoms with van der Waals surface area (Å²) in [5.74, 6) is -0.628. The number of halogens is 3. The second-order valence-electron chi connectivity index (χ2n) is 4.40. The fraction of sp³-hybridized carbons (Fsp3) is 0.214. The topological polar surface area (TPSA) is 75.1 Å². The van der Waals surface area contributed by atoms with Gasteiger partial charge in [0.15, 0.2) is 0 Å². The number of benzene rings is 1. The molecule has 2 aromatic rings. The third-order valence-corrected chi connectivity index (χ3v) is 2.88. The van der Waals surface area contributed by atoms with E-state index >= 15 is 0 Å². The molecule has 1 unspecified atom stereocenters. The van der Waals surface area contributed by atoms with Crippen LogP contribution in [0.3, 0.4) is 0 Å². The predicted molar refractivity (Wildman–Crippen MR) is 70.8 cm³/mol. The number of carbonyl (C=O) groups is 1. The molecule has 2 N–H and O–H groups in total. The first-order valence-corrected chi connectivity index (χ1v) is 6.28. The molecule has 0 saturated heterocycles. The maximum atomic E-state index is 12.9. The smallest absolute Gasteiger partial charge is 0.387 e. The highest BCUT2D eigenvalue weighted by molar-refractivity contribution is 5.91. The number of alkyl halides is 3. The maximum Gasteiger partial charge on any atom is 0.416 e. The average Bonchev–Trinajstić information content (AvgIpc) is 2.52. The molecule has 0 spiro atoms. The summed E-state index contributed by atoms with van der Waals surface area (Å²) < 4.78 is 38.6. The van der Waals surface area contributed by atoms with Gasteiger partial charge in [-0.25, -0.2) is 4.98 Å². The van der Waals surface area contributed by atoms with E-state index < -0.39 is 23.8 Å². The molecule has 0 radical (unpaired) electrons. The van der Waals surface area contributed by atoms with Gasteiger partial charge < -0.3 is 10.4 Å². The van der Waals surface area contributed by atoms with Crippen molar-refractivity contribution in [1.29, 1.82) is 0 Å². The van der Waals surface area contributed by atoms with Crippen LogP contribution in [0.5, 0.6) is 0 Å². The summed E-state index contributed by atoms with van der Waals surface area (Å²) in [7, 11) is 0. The molecule has 1 aromatic carbocycles. The van der Waals surface area contributed by atoms with Gasteiger partial charge in [-0.15, -0.1) is 0 Å². The number of aromatic nitrogens is 2. The minimum atomic E-state index is -4.58. The van der Waals surface area contributed by atoms with Crippen LogP contribution in [-0.4, -0.2) is 27.5 Å². The molecule has 5 nitrogen and oxygen atoms in total. The number of rotatable bonds is 4. The van der Waals surface area contributed by atoms with Crippen LogP contribution in [0, 0.1) is 0 Å². The third kappa shape index (κ3) is 3.79. The fourth-order valence-corrected chi connectivity index (χ4v) is 1.85. The van der Waals surface area contributed by atoms with E-state index in [4.69, 9.17) is 0 Å². The number of aliphatic hydroxyl groups excluding tert-OH is 1. The van der Waals surface area contributed by atoms with E-state index in [1.807, 2.05) is 0 Å². The Morgan fingerprint density at radius 1 is 1.27 bits per heavy atom. The molecule has 2 rings (SSSR count). The van der Waals surface area contributed by atoms with Gasteiger partial charge in [-0.1, -0.05) is 18.2 Å². The van der Waals surface area contributed by atoms with Crippen LogP contribution in [0.15, 0.2) is 42.9 Å². The standard InChI is InChI=1S/C14H12F3N3O2/c15-14(16,17)10-4-2-1-3-9(10)12(21)8-20-13(22)11-7-18-5-6-19-11/h1-7,12,21H,8H2,(H,20,22). The van der Waals surface area contributed by atoms with Crippen molar-refractivity contribution in [2.75, 3.05) is 6.54 Å². The normalized spacial score (nSPS) is 12.7. The van der Waals surface area contributed by atoms with Crippen LogP contribution in [0.25, 0.3) is 0 Å². The lowest BCUT2D eigenvalue weighted by atomic mass is 10.0. The molecule has 0 aliphatic heterocycles. The minimum absolute atomic E-state index is 0.0128. The summed E-state index contributed by atoms with van der Waals surface area (Å²) in [6.07, 6.45) is -2.16. The van der Waals surface area contributed by atoms with Crippen LogP contribution in [0.2, 0.25) is 0 Å². The van der Waals surface area contributed by atoms with E-state index in [2.05, 4.69) is 15.3 Å². The monoisotopic (exact) mass is 311 g/mol. The molecule has 1 atom stereocenters. The van der Waals surface area contributed by atoms with Gasteiger partial charge in [0.25, 0.3) is 5.91 Å². The maximum absolute atomic E-state index is 12.9. The van der Waals surface area contributed by atoms with Gasteiger partial charge in [0.05, 0.1) is 17.9 Å². The van der Waals surface area contributed by atoms with Crippen molar-refractivity contribution in [2.24, 2.45) is 0 Å². The summed E-state index contributed by atoms with van der Waals surface area (Å²) in [6, 6.07) is 4.67. The zero-order valence-electron chi connectivity index (χ0n) is 11.2. The van der Waals surface area contributed by atoms with Gasteiger partial charge in [0.1, 0.15) is 5.69 Å². The van der Waals surface area contributed by atoms with E-state index in [1.54, 1.807) is 0 Å². The van der Waals surface area contributed by atoms with Gasteiger partial charge in [-0.2, -0.15) is 13.2 Å². The van der Waals surface area contributed by atoms with Gasteiger partial charge in [0, 0.05) is 18.9 Å². The van der Waals surface area contributed by atoms with Crippen LogP contribution in [-0.2, 0) is 6.18 Å². The SMILES string of the molecule is O=C(NCC(O)c1ccccc1C(F)(F)F)c1cnccn1. The molecule has 0 aliphatic carbocycles. The van der Waals surface area contributed by atoms with Crippen molar-refractivity contribution in [3.05, 3.63) is 59.7 Å². The summed E-state index contributed by atoms with van der Waals surface area (Å²) in [4.78, 5) is 19.2. The molecular weight excluding hydrogens is 299 g/mol. The highest BCUT2D eigenvalue weighted by Gasteiger charge is 2.34. The molecule has 1 amide bonds. The summed E-state index contributed by atoms with van der Waals surface area (Å²) in [5.41, 5.74) is -1.22. The van der Waals surface area contributed by atoms with Crippen LogP contribution in [0.4, 0.5) is 13.2 Å². The number of hydrogen-bond donors (Lipinski definition) is 2. The van der Waals surface area contributed by atoms with Crippen molar-refractivity contribution in [3.63, 3.8) is 0 Å². The van der Waals surface area contributed by atoms with Gasteiger partial charge in [0.2, 0.25) is 0 Å². The van der Waals surface area contributed by atoms with Crippen molar-refractivity contribution in [2.45, 2.75) is 12.3 Å². The second kappa shape index (κ2) is 6.52. The molecule has 1 heterocycles. The van der Waals surface area contributed by atoms with Gasteiger partial charge in [-0.05, 0) is 11.6 Å². The zero-order valence-corrected chi connectivity index (χ0v) is 11.2. The highest BCUT2D eigenvalue weighted by Crippen LogP contribution is 2.34. The van der Waals surface area contributed by atoms with E-state index in [9.17, 15) is 23.1 Å². The number of hydrogen-bond acceptors (Lipinski definition) is 4. The van der Waals surface area contributed by atoms with Crippen molar-refractivity contribution in [3.8, 4) is 0 Å². The Balaban J connectivity index is 2.07. The Labute approximate surface area is 123 Å². The fourth-order valence-electron chi connectivity index (χ4n) is 1.85. The summed E-state index contributed by atoms with van der Waals surface area (Å²) in [5, 5.41) is 12.2. The average molecular weight is 311 g/mol. The van der Waals surface area contributed by atoms with Gasteiger partial charge >= 0.3 is 6.18 Å². The molecular formula is C14H12F3N3O2. The minimum Gasteiger partial charge on any atom is -0.387 e. The second-order valence-corrected chi connectivity index (χ2v) is 4.40. The Bertz CT molecular complexity index is 647. The molecule has 0 saturated carbocycles. The number of carbonyl (C=O) groups excluding carboxylic acids is 1. The van der Waals surface area contributed by atoms with Crippen molar-refractivity contribution < 1.29 is 23.1 Å². The van der Waals surface area contributed by atoms with E-state index in [0.717, 1.165) is 6.07 Å². The Kier molecular flexibility index (Phi) is 4.71. The quantitative estimate of drug-likeness (QED) is 0.905. The first kappa shape index (κ1) is 15.9. The van der Waals surface area contributed by atoms with Crippen LogP contribution < -0.4 is 5.32 Å². The lowest BCUT2D eigenvalue weighted by Crippen LogP contribution is -2.30. The van der Waals surface area contributed by atoms with Crippen LogP contribution >= 0.6 is 0 Å². The highest BCUT2D eigenvalue weighted by atomic mass is 19.4. The molecule has 0 aliphatic rings. The van der Waals surface area contributed by atoms with Gasteiger partial charge in [-0.3, -0.25) is 9.78 Å². The third-order valence-electron chi connectivity index (χ3n) is 2.88. The van der Waals surface area contributed by atoms with E-state index in [-0.39, 0.29) is 17.8 Å². The summed E-state index contributed by atoms with van der Waals surface area (Å²) >= 11 is 0. The number of nitrogens with zero attached hydrogens (tertiary/aromatic N) is 2. The Hall–Kier alpha value is -2.48. The van der Waals surface area contributed by atoms with Crippen molar-refractivity contribution >= 4 is 5.91 Å². The largest absolute Gasteiger partial charge is 0.416 e. The number of amides is 1. The first-order valence-electron chi connectivity index (χ1n) is 6.28. The Morgan fingerprint density at radius 2 is 2.00 bits per heavy atom. The Morgan fingerprint density at radius 3 is 2.64 bits per heavy atom. The first-order chi connectivity index (χ1) is 10.4. The van der Waals surface area contributed by atoms with Crippen molar-refractivity contribution in [1.82, 2.24) is 15.3 Å². The zero-order chi connectivity index (χ0) is 16.2. The summed E-state index contributed by atoms with van der Waals surface area (Å²) in [6.45, 7) is -0.373. The molecule has 0 bridgehead atoms. The molecule has 1 aromatic heterocycles. The number of aliphatic hydroxyl groups is 1. The lowest BCUT2D eigenvalue weighted by molar-refractivity contribution is -0.139. The molecule has 8 heteroatoms. The van der Waals surface area contributed by atoms with E-state index in [1.165, 1.54) is 36.8 Å². The lowest BCUT2D eigenvalue weighted by Gasteiger charge is -2.17. The predicted octanol–water partition coefficient (Wildman–Crippen LogP) is 1.96. The molecule has 0 fully saturated rings.